The van der Waals surface area contributed by atoms with E-state index in [-0.39, 0.29) is 21.2 Å². The van der Waals surface area contributed by atoms with E-state index < -0.39 is 80.7 Å². The fourth-order valence-corrected chi connectivity index (χ4v) is 12.3. The van der Waals surface area contributed by atoms with E-state index in [1.165, 1.54) is 12.1 Å². The molecule has 0 amide bonds. The van der Waals surface area contributed by atoms with Gasteiger partial charge in [0.25, 0.3) is 6.17 Å². The van der Waals surface area contributed by atoms with Crippen LogP contribution < -0.4 is 9.80 Å². The molecule has 1 unspecified atom stereocenters. The van der Waals surface area contributed by atoms with Crippen LogP contribution in [0.4, 0.5) is 11.4 Å². The number of hydrogen-bond donors (Lipinski definition) is 0. The molecule has 1 atom stereocenters. The van der Waals surface area contributed by atoms with Crippen LogP contribution >= 0.6 is 0 Å². The van der Waals surface area contributed by atoms with Crippen molar-refractivity contribution in [3.8, 4) is 0 Å². The quantitative estimate of drug-likeness (QED) is 0.105. The molecule has 5 aromatic rings. The van der Waals surface area contributed by atoms with Crippen molar-refractivity contribution in [2.45, 2.75) is 113 Å². The molecule has 0 spiro atoms. The molecule has 0 N–H and O–H groups in total. The van der Waals surface area contributed by atoms with E-state index in [9.17, 15) is 20.5 Å². The summed E-state index contributed by atoms with van der Waals surface area (Å²) < 4.78 is 63.3. The summed E-state index contributed by atoms with van der Waals surface area (Å²) in [6, 6.07) is 25.4. The zero-order valence-corrected chi connectivity index (χ0v) is 41.4. The minimum atomic E-state index is -4.50. The second-order valence-electron chi connectivity index (χ2n) is 19.8. The van der Waals surface area contributed by atoms with E-state index in [2.05, 4.69) is 0 Å². The summed E-state index contributed by atoms with van der Waals surface area (Å²) >= 11 is 0. The number of rotatable bonds is 14. The van der Waals surface area contributed by atoms with Gasteiger partial charge in [-0.15, -0.1) is 0 Å². The Balaban J connectivity index is 1.32. The van der Waals surface area contributed by atoms with E-state index >= 15 is 16.8 Å². The largest absolute Gasteiger partial charge is 0.784 e. The van der Waals surface area contributed by atoms with Gasteiger partial charge in [0.1, 0.15) is 0 Å². The van der Waals surface area contributed by atoms with Gasteiger partial charge in [-0.1, -0.05) is 54.6 Å². The van der Waals surface area contributed by atoms with Crippen molar-refractivity contribution in [1.29, 1.82) is 0 Å². The number of hydrogen-bond acceptors (Lipinski definition) is 14. The van der Waals surface area contributed by atoms with Crippen LogP contribution in [0.1, 0.15) is 66.8 Å². The van der Waals surface area contributed by atoms with Crippen molar-refractivity contribution >= 4 is 53.0 Å². The topological polar surface area (TPSA) is 193 Å². The highest BCUT2D eigenvalue weighted by atomic mass is 32.2. The van der Waals surface area contributed by atoms with Crippen LogP contribution in [0, 0.1) is 20.5 Å². The Morgan fingerprint density at radius 3 is 1.32 bits per heavy atom. The molecule has 2 aliphatic rings. The average Bonchev–Trinajstić information content (AvgIpc) is 3.44. The molecule has 1 aromatic heterocycles. The second-order valence-corrected chi connectivity index (χ2v) is 23.6. The fraction of sp³-hybridized carbons (Fsp3) is 0.468. The third-order valence-electron chi connectivity index (χ3n) is 14.5. The van der Waals surface area contributed by atoms with Crippen LogP contribution in [0.2, 0.25) is 0 Å². The van der Waals surface area contributed by atoms with Gasteiger partial charge in [0, 0.05) is 102 Å². The minimum absolute atomic E-state index is 0.0391. The first-order chi connectivity index (χ1) is 30.6. The number of aromatic nitrogens is 1. The molecule has 19 heteroatoms. The number of hydroxylamine groups is 6. The van der Waals surface area contributed by atoms with E-state index in [4.69, 9.17) is 4.98 Å². The van der Waals surface area contributed by atoms with Crippen LogP contribution in [0.25, 0.3) is 21.5 Å². The van der Waals surface area contributed by atoms with Gasteiger partial charge in [-0.05, 0) is 77.9 Å². The summed E-state index contributed by atoms with van der Waals surface area (Å²) in [7, 11) is -1.58. The third kappa shape index (κ3) is 7.95. The summed E-state index contributed by atoms with van der Waals surface area (Å²) in [6.07, 6.45) is -2.86. The number of nitroso groups, excluding NO2 is 1. The van der Waals surface area contributed by atoms with Gasteiger partial charge in [0.05, 0.1) is 52.5 Å². The summed E-state index contributed by atoms with van der Waals surface area (Å²) in [5.41, 5.74) is -2.82. The lowest BCUT2D eigenvalue weighted by Crippen LogP contribution is -2.51. The molecule has 0 radical (unpaired) electrons. The van der Waals surface area contributed by atoms with Gasteiger partial charge in [-0.25, -0.2) is 16.8 Å². The number of pyridine rings is 1. The lowest BCUT2D eigenvalue weighted by Gasteiger charge is -2.47. The second kappa shape index (κ2) is 17.1. The third-order valence-corrected chi connectivity index (χ3v) is 18.2. The highest BCUT2D eigenvalue weighted by molar-refractivity contribution is 7.89. The van der Waals surface area contributed by atoms with Gasteiger partial charge in [0.15, 0.2) is 0 Å². The summed E-state index contributed by atoms with van der Waals surface area (Å²) in [6.45, 7) is 11.3. The van der Waals surface area contributed by atoms with Crippen molar-refractivity contribution in [2.24, 2.45) is 0 Å². The number of anilines is 2. The molecule has 17 nitrogen and oxygen atoms in total. The molecule has 2 fully saturated rings. The summed E-state index contributed by atoms with van der Waals surface area (Å²) in [5, 5.41) is 46.0. The van der Waals surface area contributed by atoms with Crippen molar-refractivity contribution in [2.75, 3.05) is 51.1 Å². The van der Waals surface area contributed by atoms with Crippen LogP contribution in [0.3, 0.4) is 0 Å². The molecular formula is C47H61N9O8S2-2. The number of benzene rings is 4. The fourth-order valence-electron chi connectivity index (χ4n) is 9.02. The molecule has 2 saturated heterocycles. The molecule has 0 saturated carbocycles. The lowest BCUT2D eigenvalue weighted by atomic mass is 9.84. The predicted octanol–water partition coefficient (Wildman–Crippen LogP) is 6.87. The number of sulfonamides is 2. The minimum Gasteiger partial charge on any atom is -0.784 e. The molecule has 7 rings (SSSR count). The Morgan fingerprint density at radius 2 is 0.924 bits per heavy atom. The van der Waals surface area contributed by atoms with Gasteiger partial charge < -0.3 is 40.6 Å². The van der Waals surface area contributed by atoms with Gasteiger partial charge >= 0.3 is 0 Å². The Labute approximate surface area is 388 Å². The highest BCUT2D eigenvalue weighted by Gasteiger charge is 2.63. The van der Waals surface area contributed by atoms with Gasteiger partial charge in [-0.2, -0.15) is 8.61 Å². The normalized spacial score (nSPS) is 20.3. The molecule has 0 aliphatic carbocycles. The van der Waals surface area contributed by atoms with Crippen molar-refractivity contribution < 1.29 is 21.6 Å². The number of fused-ring (bicyclic) bond motifs is 2. The SMILES string of the molecule is CN(C)c1cccc2c(S(=O)(=O)N(Cc3cccc(CN(CC4N([O-])C(C)(C)C(C)(C)[N+]4=O)S(=O)(=O)c4cccc5c(N(C)C)cccc45)n3)CC3N([O-])C(C)(C)C(C)(C)N3[O-])cccc12. The molecule has 66 heavy (non-hydrogen) atoms. The van der Waals surface area contributed by atoms with Crippen LogP contribution in [0.5, 0.6) is 0 Å². The zero-order chi connectivity index (χ0) is 48.7. The Kier molecular flexibility index (Phi) is 12.8. The maximum absolute atomic E-state index is 15.1. The smallest absolute Gasteiger partial charge is 0.261 e. The standard InChI is InChI=1S/C47H61N9O8S2/c1-44(2)45(3,4)54(58)42(53(44)57)30-51(65(61,62)40-26-16-20-34-36(40)22-14-24-38(34)49(9)10)28-32-18-13-19-33(48-32)29-52(31-43-55(59)46(5,6)47(7,8)56(43)60)66(63,64)41-27-17-21-35-37(41)23-15-25-39(35)50(11)12/h13-27,42-43H,28-31H2,1-12H3/q-2. The van der Waals surface area contributed by atoms with Crippen LogP contribution in [0.15, 0.2) is 101 Å². The Morgan fingerprint density at radius 1 is 0.545 bits per heavy atom. The van der Waals surface area contributed by atoms with E-state index in [0.29, 0.717) is 41.5 Å². The monoisotopic (exact) mass is 943 g/mol. The molecule has 0 bridgehead atoms. The van der Waals surface area contributed by atoms with Crippen LogP contribution in [-0.2, 0) is 33.1 Å². The van der Waals surface area contributed by atoms with Crippen molar-refractivity contribution in [3.63, 3.8) is 0 Å². The molecular weight excluding hydrogens is 883 g/mol. The summed E-state index contributed by atoms with van der Waals surface area (Å²) in [5.74, 6) is 0. The lowest BCUT2D eigenvalue weighted by molar-refractivity contribution is -0.638. The van der Waals surface area contributed by atoms with E-state index in [1.807, 2.05) is 62.3 Å². The van der Waals surface area contributed by atoms with Gasteiger partial charge in [0.2, 0.25) is 25.6 Å². The van der Waals surface area contributed by atoms with E-state index in [1.54, 1.807) is 110 Å². The Hall–Kier alpha value is -4.67. The predicted molar refractivity (Wildman–Crippen MR) is 259 cm³/mol. The van der Waals surface area contributed by atoms with E-state index in [0.717, 1.165) is 20.0 Å². The maximum Gasteiger partial charge on any atom is 0.261 e. The van der Waals surface area contributed by atoms with Crippen molar-refractivity contribution in [3.05, 3.63) is 123 Å². The molecule has 4 aromatic carbocycles. The summed E-state index contributed by atoms with van der Waals surface area (Å²) in [4.78, 5) is 22.4. The van der Waals surface area contributed by atoms with Crippen LogP contribution in [-0.4, -0.2) is 126 Å². The van der Waals surface area contributed by atoms with Gasteiger partial charge in [-0.3, -0.25) is 4.98 Å². The first kappa shape index (κ1) is 49.2. The zero-order valence-electron chi connectivity index (χ0n) is 39.8. The maximum atomic E-state index is 15.1. The number of nitrogens with zero attached hydrogens (tertiary/aromatic N) is 9. The first-order valence-electron chi connectivity index (χ1n) is 21.8. The Bertz CT molecular complexity index is 2890. The molecule has 3 heterocycles. The first-order valence-corrected chi connectivity index (χ1v) is 24.7. The highest BCUT2D eigenvalue weighted by Crippen LogP contribution is 2.44. The molecule has 2 aliphatic heterocycles. The van der Waals surface area contributed by atoms with Crippen molar-refractivity contribution in [1.82, 2.24) is 28.8 Å². The average molecular weight is 944 g/mol. The molecule has 356 valence electrons.